The molecule has 21 heavy (non-hydrogen) atoms. The molecule has 0 spiro atoms. The molecule has 1 aliphatic rings. The number of para-hydroxylation sites is 1. The molecule has 0 bridgehead atoms. The van der Waals surface area contributed by atoms with E-state index in [9.17, 15) is 9.90 Å². The number of fused-ring (bicyclic) bond motifs is 1. The van der Waals surface area contributed by atoms with Crippen molar-refractivity contribution >= 4 is 10.9 Å². The van der Waals surface area contributed by atoms with Gasteiger partial charge in [-0.15, -0.1) is 0 Å². The lowest BCUT2D eigenvalue weighted by atomic mass is 9.85. The topological polar surface area (TPSA) is 64.3 Å². The van der Waals surface area contributed by atoms with E-state index in [1.807, 2.05) is 0 Å². The van der Waals surface area contributed by atoms with Gasteiger partial charge in [0.05, 0.1) is 31.0 Å². The van der Waals surface area contributed by atoms with E-state index in [1.54, 1.807) is 25.3 Å². The largest absolute Gasteiger partial charge is 0.494 e. The summed E-state index contributed by atoms with van der Waals surface area (Å²) in [7, 11) is 1.56. The van der Waals surface area contributed by atoms with Gasteiger partial charge >= 0.3 is 0 Å². The number of methoxy groups -OCH3 is 1. The van der Waals surface area contributed by atoms with E-state index in [0.29, 0.717) is 23.2 Å². The SMILES string of the molecule is COc1cccc2c(=O)n(CC3(O)CCCCC3)cnc12. The van der Waals surface area contributed by atoms with Crippen LogP contribution in [0.3, 0.4) is 0 Å². The first-order chi connectivity index (χ1) is 10.1. The number of rotatable bonds is 3. The second-order valence-corrected chi connectivity index (χ2v) is 5.82. The molecule has 0 atom stereocenters. The summed E-state index contributed by atoms with van der Waals surface area (Å²) in [5, 5.41) is 11.1. The predicted molar refractivity (Wildman–Crippen MR) is 80.6 cm³/mol. The fourth-order valence-corrected chi connectivity index (χ4v) is 3.13. The van der Waals surface area contributed by atoms with Gasteiger partial charge < -0.3 is 9.84 Å². The van der Waals surface area contributed by atoms with E-state index in [-0.39, 0.29) is 5.56 Å². The van der Waals surface area contributed by atoms with Crippen LogP contribution in [0, 0.1) is 0 Å². The monoisotopic (exact) mass is 288 g/mol. The zero-order chi connectivity index (χ0) is 14.9. The Labute approximate surface area is 123 Å². The molecule has 1 N–H and O–H groups in total. The molecule has 0 amide bonds. The van der Waals surface area contributed by atoms with Crippen LogP contribution in [0.2, 0.25) is 0 Å². The van der Waals surface area contributed by atoms with Crippen molar-refractivity contribution in [2.45, 2.75) is 44.2 Å². The number of hydrogen-bond acceptors (Lipinski definition) is 4. The second-order valence-electron chi connectivity index (χ2n) is 5.82. The number of hydrogen-bond donors (Lipinski definition) is 1. The van der Waals surface area contributed by atoms with E-state index in [1.165, 1.54) is 10.9 Å². The number of benzene rings is 1. The van der Waals surface area contributed by atoms with Crippen LogP contribution in [0.25, 0.3) is 10.9 Å². The molecule has 5 heteroatoms. The van der Waals surface area contributed by atoms with Crippen LogP contribution in [-0.4, -0.2) is 27.4 Å². The van der Waals surface area contributed by atoms with Crippen molar-refractivity contribution in [3.05, 3.63) is 34.9 Å². The van der Waals surface area contributed by atoms with E-state index < -0.39 is 5.60 Å². The number of ether oxygens (including phenoxy) is 1. The fraction of sp³-hybridized carbons (Fsp3) is 0.500. The third-order valence-corrected chi connectivity index (χ3v) is 4.29. The van der Waals surface area contributed by atoms with Gasteiger partial charge in [0.2, 0.25) is 0 Å². The number of aromatic nitrogens is 2. The molecule has 0 aliphatic heterocycles. The molecule has 2 aromatic rings. The molecule has 1 aliphatic carbocycles. The summed E-state index contributed by atoms with van der Waals surface area (Å²) in [6.07, 6.45) is 6.19. The van der Waals surface area contributed by atoms with Gasteiger partial charge in [-0.1, -0.05) is 25.3 Å². The maximum absolute atomic E-state index is 12.6. The van der Waals surface area contributed by atoms with E-state index in [4.69, 9.17) is 4.74 Å². The normalized spacial score (nSPS) is 17.8. The molecule has 0 saturated heterocycles. The standard InChI is InChI=1S/C16H20N2O3/c1-21-13-7-5-6-12-14(13)17-11-18(15(12)19)10-16(20)8-3-2-4-9-16/h5-7,11,20H,2-4,8-10H2,1H3. The van der Waals surface area contributed by atoms with Crippen molar-refractivity contribution in [2.75, 3.05) is 7.11 Å². The van der Waals surface area contributed by atoms with Crippen molar-refractivity contribution in [1.82, 2.24) is 9.55 Å². The second kappa shape index (κ2) is 5.48. The van der Waals surface area contributed by atoms with Crippen molar-refractivity contribution in [1.29, 1.82) is 0 Å². The van der Waals surface area contributed by atoms with E-state index in [0.717, 1.165) is 32.1 Å². The quantitative estimate of drug-likeness (QED) is 0.939. The van der Waals surface area contributed by atoms with Crippen molar-refractivity contribution in [2.24, 2.45) is 0 Å². The van der Waals surface area contributed by atoms with Gasteiger partial charge in [-0.3, -0.25) is 9.36 Å². The van der Waals surface area contributed by atoms with Crippen LogP contribution in [-0.2, 0) is 6.54 Å². The molecule has 1 fully saturated rings. The van der Waals surface area contributed by atoms with Gasteiger partial charge in [0.25, 0.3) is 5.56 Å². The maximum Gasteiger partial charge on any atom is 0.261 e. The summed E-state index contributed by atoms with van der Waals surface area (Å²) in [6.45, 7) is 0.311. The van der Waals surface area contributed by atoms with E-state index in [2.05, 4.69) is 4.98 Å². The number of aliphatic hydroxyl groups is 1. The highest BCUT2D eigenvalue weighted by Gasteiger charge is 2.30. The molecule has 1 aromatic carbocycles. The molecule has 112 valence electrons. The Morgan fingerprint density at radius 2 is 2.10 bits per heavy atom. The highest BCUT2D eigenvalue weighted by atomic mass is 16.5. The molecular weight excluding hydrogens is 268 g/mol. The van der Waals surface area contributed by atoms with Crippen molar-refractivity contribution in [3.63, 3.8) is 0 Å². The fourth-order valence-electron chi connectivity index (χ4n) is 3.13. The highest BCUT2D eigenvalue weighted by Crippen LogP contribution is 2.29. The predicted octanol–water partition coefficient (Wildman–Crippen LogP) is 2.10. The smallest absolute Gasteiger partial charge is 0.261 e. The Bertz CT molecular complexity index is 702. The zero-order valence-corrected chi connectivity index (χ0v) is 12.2. The summed E-state index contributed by atoms with van der Waals surface area (Å²) in [6, 6.07) is 5.31. The highest BCUT2D eigenvalue weighted by molar-refractivity contribution is 5.83. The Kier molecular flexibility index (Phi) is 3.68. The average molecular weight is 288 g/mol. The molecule has 1 saturated carbocycles. The van der Waals surface area contributed by atoms with Crippen LogP contribution in [0.5, 0.6) is 5.75 Å². The summed E-state index contributed by atoms with van der Waals surface area (Å²) in [4.78, 5) is 16.9. The molecular formula is C16H20N2O3. The van der Waals surface area contributed by atoms with Crippen LogP contribution in [0.4, 0.5) is 0 Å². The Morgan fingerprint density at radius 3 is 2.81 bits per heavy atom. The first-order valence-corrected chi connectivity index (χ1v) is 7.37. The summed E-state index contributed by atoms with van der Waals surface area (Å²) >= 11 is 0. The Hall–Kier alpha value is -1.88. The first-order valence-electron chi connectivity index (χ1n) is 7.37. The lowest BCUT2D eigenvalue weighted by molar-refractivity contribution is -0.0123. The third-order valence-electron chi connectivity index (χ3n) is 4.29. The summed E-state index contributed by atoms with van der Waals surface area (Å²) < 4.78 is 6.75. The Balaban J connectivity index is 2.01. The van der Waals surface area contributed by atoms with Gasteiger partial charge in [0.1, 0.15) is 11.3 Å². The molecule has 0 radical (unpaired) electrons. The maximum atomic E-state index is 12.6. The van der Waals surface area contributed by atoms with Crippen LogP contribution >= 0.6 is 0 Å². The minimum atomic E-state index is -0.781. The summed E-state index contributed by atoms with van der Waals surface area (Å²) in [5.41, 5.74) is -0.342. The first kappa shape index (κ1) is 14.1. The lowest BCUT2D eigenvalue weighted by Gasteiger charge is -2.32. The molecule has 1 heterocycles. The van der Waals surface area contributed by atoms with Gasteiger partial charge in [-0.05, 0) is 25.0 Å². The van der Waals surface area contributed by atoms with Gasteiger partial charge in [-0.2, -0.15) is 0 Å². The minimum absolute atomic E-state index is 0.127. The minimum Gasteiger partial charge on any atom is -0.494 e. The van der Waals surface area contributed by atoms with Crippen LogP contribution in [0.15, 0.2) is 29.3 Å². The zero-order valence-electron chi connectivity index (χ0n) is 12.2. The third kappa shape index (κ3) is 2.65. The van der Waals surface area contributed by atoms with Gasteiger partial charge in [-0.25, -0.2) is 4.98 Å². The van der Waals surface area contributed by atoms with Gasteiger partial charge in [0, 0.05) is 0 Å². The molecule has 5 nitrogen and oxygen atoms in total. The van der Waals surface area contributed by atoms with Crippen molar-refractivity contribution < 1.29 is 9.84 Å². The Morgan fingerprint density at radius 1 is 1.33 bits per heavy atom. The summed E-state index contributed by atoms with van der Waals surface area (Å²) in [5.74, 6) is 0.591. The van der Waals surface area contributed by atoms with Gasteiger partial charge in [0.15, 0.2) is 0 Å². The molecule has 0 unspecified atom stereocenters. The average Bonchev–Trinajstić information content (AvgIpc) is 2.50. The van der Waals surface area contributed by atoms with Crippen LogP contribution < -0.4 is 10.3 Å². The molecule has 1 aromatic heterocycles. The van der Waals surface area contributed by atoms with Crippen molar-refractivity contribution in [3.8, 4) is 5.75 Å². The number of nitrogens with zero attached hydrogens (tertiary/aromatic N) is 2. The van der Waals surface area contributed by atoms with Crippen LogP contribution in [0.1, 0.15) is 32.1 Å². The van der Waals surface area contributed by atoms with E-state index >= 15 is 0 Å². The molecule has 3 rings (SSSR count). The lowest BCUT2D eigenvalue weighted by Crippen LogP contribution is -2.39.